The average molecular weight is 375 g/mol. The summed E-state index contributed by atoms with van der Waals surface area (Å²) in [4.78, 5) is 24.6. The number of ether oxygens (including phenoxy) is 1. The largest absolute Gasteiger partial charge is 0.470 e. The number of aromatic nitrogens is 2. The lowest BCUT2D eigenvalue weighted by Crippen LogP contribution is -2.55. The van der Waals surface area contributed by atoms with Gasteiger partial charge in [0.05, 0.1) is 24.0 Å². The molecule has 0 saturated carbocycles. The van der Waals surface area contributed by atoms with Crippen LogP contribution in [0.5, 0.6) is 5.88 Å². The van der Waals surface area contributed by atoms with Gasteiger partial charge in [0.25, 0.3) is 0 Å². The molecule has 1 aliphatic heterocycles. The van der Waals surface area contributed by atoms with E-state index in [0.717, 1.165) is 10.9 Å². The summed E-state index contributed by atoms with van der Waals surface area (Å²) in [5.41, 5.74) is 8.95. The number of carbonyl (C=O) groups is 1. The van der Waals surface area contributed by atoms with E-state index in [1.165, 1.54) is 6.92 Å². The molecule has 1 unspecified atom stereocenters. The Kier molecular flexibility index (Phi) is 4.89. The molecular weight excluding hydrogens is 356 g/mol. The van der Waals surface area contributed by atoms with E-state index >= 15 is 0 Å². The number of rotatable bonds is 5. The Hall–Kier alpha value is -2.57. The summed E-state index contributed by atoms with van der Waals surface area (Å²) < 4.78 is 5.95. The number of fused-ring (bicyclic) bond motifs is 1. The maximum absolute atomic E-state index is 11.3. The van der Waals surface area contributed by atoms with Crippen LogP contribution < -0.4 is 4.74 Å². The van der Waals surface area contributed by atoms with Crippen LogP contribution in [0.25, 0.3) is 21.2 Å². The smallest absolute Gasteiger partial charge is 0.223 e. The number of azide groups is 1. The lowest BCUT2D eigenvalue weighted by Gasteiger charge is -2.38. The van der Waals surface area contributed by atoms with Gasteiger partial charge in [-0.1, -0.05) is 23.6 Å². The van der Waals surface area contributed by atoms with Crippen LogP contribution in [-0.2, 0) is 10.3 Å². The molecule has 0 aliphatic carbocycles. The van der Waals surface area contributed by atoms with Crippen molar-refractivity contribution >= 4 is 28.3 Å². The highest BCUT2D eigenvalue weighted by atomic mass is 35.5. The minimum absolute atomic E-state index is 0.0274. The van der Waals surface area contributed by atoms with E-state index in [2.05, 4.69) is 20.0 Å². The molecule has 3 heterocycles. The first-order valence-electron chi connectivity index (χ1n) is 8.31. The van der Waals surface area contributed by atoms with Crippen LogP contribution in [0.4, 0.5) is 0 Å². The summed E-state index contributed by atoms with van der Waals surface area (Å²) in [5, 5.41) is 5.78. The van der Waals surface area contributed by atoms with Crippen LogP contribution in [0.3, 0.4) is 0 Å². The van der Waals surface area contributed by atoms with Crippen LogP contribution in [0, 0.1) is 0 Å². The van der Waals surface area contributed by atoms with E-state index in [1.54, 1.807) is 23.4 Å². The molecular formula is C17H19ClN6O2. The predicted molar refractivity (Wildman–Crippen MR) is 98.0 cm³/mol. The van der Waals surface area contributed by atoms with Crippen molar-refractivity contribution in [2.75, 3.05) is 13.1 Å². The summed E-state index contributed by atoms with van der Waals surface area (Å²) >= 11 is 6.09. The second kappa shape index (κ2) is 6.97. The number of carbonyl (C=O) groups excluding carboxylic acids is 1. The van der Waals surface area contributed by atoms with Crippen molar-refractivity contribution in [1.82, 2.24) is 14.9 Å². The third-order valence-electron chi connectivity index (χ3n) is 4.81. The van der Waals surface area contributed by atoms with E-state index in [9.17, 15) is 4.79 Å². The van der Waals surface area contributed by atoms with Gasteiger partial charge in [0.2, 0.25) is 11.8 Å². The monoisotopic (exact) mass is 374 g/mol. The maximum Gasteiger partial charge on any atom is 0.223 e. The molecule has 0 N–H and O–H groups in total. The summed E-state index contributed by atoms with van der Waals surface area (Å²) in [6.45, 7) is 6.40. The van der Waals surface area contributed by atoms with Crippen molar-refractivity contribution in [3.05, 3.63) is 39.6 Å². The third-order valence-corrected chi connectivity index (χ3v) is 5.01. The van der Waals surface area contributed by atoms with Crippen molar-refractivity contribution < 1.29 is 9.53 Å². The third kappa shape index (κ3) is 3.25. The first-order chi connectivity index (χ1) is 12.4. The molecule has 0 spiro atoms. The van der Waals surface area contributed by atoms with Gasteiger partial charge in [-0.05, 0) is 35.9 Å². The first-order valence-corrected chi connectivity index (χ1v) is 8.69. The van der Waals surface area contributed by atoms with Crippen LogP contribution >= 0.6 is 11.6 Å². The summed E-state index contributed by atoms with van der Waals surface area (Å²) in [6.07, 6.45) is 3.76. The lowest BCUT2D eigenvalue weighted by molar-refractivity contribution is -0.137. The Morgan fingerprint density at radius 3 is 2.81 bits per heavy atom. The molecule has 1 aliphatic rings. The van der Waals surface area contributed by atoms with Crippen LogP contribution in [-0.4, -0.2) is 40.0 Å². The van der Waals surface area contributed by atoms with Crippen LogP contribution in [0.1, 0.15) is 32.8 Å². The number of likely N-dealkylation sites (tertiary alicyclic amines) is 1. The zero-order valence-corrected chi connectivity index (χ0v) is 15.6. The van der Waals surface area contributed by atoms with E-state index in [4.69, 9.17) is 21.9 Å². The van der Waals surface area contributed by atoms with E-state index in [1.807, 2.05) is 13.8 Å². The normalized spacial score (nSPS) is 16.5. The molecule has 9 heteroatoms. The van der Waals surface area contributed by atoms with Crippen molar-refractivity contribution in [2.24, 2.45) is 5.11 Å². The van der Waals surface area contributed by atoms with Crippen LogP contribution in [0.15, 0.2) is 23.6 Å². The molecule has 26 heavy (non-hydrogen) atoms. The molecule has 136 valence electrons. The van der Waals surface area contributed by atoms with Gasteiger partial charge in [0, 0.05) is 24.2 Å². The van der Waals surface area contributed by atoms with Crippen molar-refractivity contribution in [3.8, 4) is 5.88 Å². The van der Waals surface area contributed by atoms with Crippen molar-refractivity contribution in [1.29, 1.82) is 0 Å². The average Bonchev–Trinajstić information content (AvgIpc) is 2.56. The molecule has 1 amide bonds. The molecule has 2 aromatic rings. The Bertz CT molecular complexity index is 908. The maximum atomic E-state index is 11.3. The predicted octanol–water partition coefficient (Wildman–Crippen LogP) is 3.83. The fourth-order valence-electron chi connectivity index (χ4n) is 2.95. The summed E-state index contributed by atoms with van der Waals surface area (Å²) in [6, 6.07) is 1.73. The Balaban J connectivity index is 2.02. The molecule has 8 nitrogen and oxygen atoms in total. The first kappa shape index (κ1) is 18.2. The molecule has 0 aromatic carbocycles. The molecule has 3 rings (SSSR count). The molecule has 1 saturated heterocycles. The highest BCUT2D eigenvalue weighted by Crippen LogP contribution is 2.38. The lowest BCUT2D eigenvalue weighted by atomic mass is 9.88. The summed E-state index contributed by atoms with van der Waals surface area (Å²) in [7, 11) is 0. The fourth-order valence-corrected chi connectivity index (χ4v) is 3.11. The number of hydrogen-bond acceptors (Lipinski definition) is 5. The van der Waals surface area contributed by atoms with Crippen molar-refractivity contribution in [3.63, 3.8) is 0 Å². The van der Waals surface area contributed by atoms with Gasteiger partial charge >= 0.3 is 0 Å². The van der Waals surface area contributed by atoms with E-state index in [-0.39, 0.29) is 12.0 Å². The topological polar surface area (TPSA) is 104 Å². The van der Waals surface area contributed by atoms with Gasteiger partial charge in [-0.25, -0.2) is 9.97 Å². The minimum Gasteiger partial charge on any atom is -0.470 e. The number of nitrogens with zero attached hydrogens (tertiary/aromatic N) is 6. The molecule has 2 aromatic heterocycles. The van der Waals surface area contributed by atoms with Gasteiger partial charge in [-0.15, -0.1) is 0 Å². The quantitative estimate of drug-likeness (QED) is 0.343. The number of amides is 1. The minimum atomic E-state index is -0.759. The molecule has 0 bridgehead atoms. The Morgan fingerprint density at radius 2 is 2.19 bits per heavy atom. The molecule has 0 radical (unpaired) electrons. The number of hydrogen-bond donors (Lipinski definition) is 0. The van der Waals surface area contributed by atoms with Crippen LogP contribution in [0.2, 0.25) is 5.15 Å². The zero-order chi connectivity index (χ0) is 18.9. The molecule has 1 atom stereocenters. The Morgan fingerprint density at radius 1 is 1.46 bits per heavy atom. The second-order valence-electron chi connectivity index (χ2n) is 6.51. The standard InChI is InChI=1S/C17H19ClN6O2/c1-4-17(3,22-23-19)14-7-21-16(13-6-20-15(18)5-12(13)14)26-11-8-24(9-11)10(2)25/h5-7,11H,4,8-9H2,1-3H3. The van der Waals surface area contributed by atoms with E-state index < -0.39 is 5.54 Å². The molecule has 1 fully saturated rings. The zero-order valence-electron chi connectivity index (χ0n) is 14.8. The summed E-state index contributed by atoms with van der Waals surface area (Å²) in [5.74, 6) is 0.458. The SMILES string of the molecule is CCC(C)(N=[N+]=[N-])c1cnc(OC2CN(C(C)=O)C2)c2cnc(Cl)cc12. The fraction of sp³-hybridized carbons (Fsp3) is 0.471. The number of halogens is 1. The number of pyridine rings is 2. The van der Waals surface area contributed by atoms with Gasteiger partial charge in [0.1, 0.15) is 11.3 Å². The van der Waals surface area contributed by atoms with Gasteiger partial charge in [0.15, 0.2) is 0 Å². The second-order valence-corrected chi connectivity index (χ2v) is 6.90. The highest BCUT2D eigenvalue weighted by molar-refractivity contribution is 6.30. The van der Waals surface area contributed by atoms with Crippen molar-refractivity contribution in [2.45, 2.75) is 38.8 Å². The van der Waals surface area contributed by atoms with E-state index in [0.29, 0.717) is 35.9 Å². The van der Waals surface area contributed by atoms with Gasteiger partial charge in [-0.2, -0.15) is 0 Å². The van der Waals surface area contributed by atoms with Gasteiger partial charge < -0.3 is 9.64 Å². The van der Waals surface area contributed by atoms with Gasteiger partial charge in [-0.3, -0.25) is 4.79 Å². The Labute approximate surface area is 155 Å². The highest BCUT2D eigenvalue weighted by Gasteiger charge is 2.32.